The van der Waals surface area contributed by atoms with Gasteiger partial charge >= 0.3 is 11.9 Å². The van der Waals surface area contributed by atoms with E-state index in [1.165, 1.54) is 50.7 Å². The van der Waals surface area contributed by atoms with Crippen LogP contribution in [0.25, 0.3) is 22.3 Å². The van der Waals surface area contributed by atoms with Crippen LogP contribution in [0.2, 0.25) is 0 Å². The monoisotopic (exact) mass is 840 g/mol. The number of carbonyl (C=O) groups is 2. The van der Waals surface area contributed by atoms with E-state index in [2.05, 4.69) is 54.5 Å². The topological polar surface area (TPSA) is 173 Å². The molecule has 3 aromatic rings. The molecule has 1 heterocycles. The summed E-state index contributed by atoms with van der Waals surface area (Å²) in [6, 6.07) is 5.82. The van der Waals surface area contributed by atoms with Crippen molar-refractivity contribution in [2.45, 2.75) is 138 Å². The van der Waals surface area contributed by atoms with Gasteiger partial charge in [-0.3, -0.25) is 14.4 Å². The first kappa shape index (κ1) is 43.2. The number of hydrogen-bond acceptors (Lipinski definition) is 11. The van der Waals surface area contributed by atoms with E-state index in [9.17, 15) is 34.8 Å². The Morgan fingerprint density at radius 2 is 1.44 bits per heavy atom. The average molecular weight is 841 g/mol. The van der Waals surface area contributed by atoms with Crippen LogP contribution in [-0.2, 0) is 19.1 Å². The van der Waals surface area contributed by atoms with Gasteiger partial charge in [0.15, 0.2) is 17.3 Å². The number of phenolic OH excluding ortho intramolecular Hbond substituents is 3. The number of methoxy groups -OCH3 is 1. The molecule has 0 radical (unpaired) electrons. The highest BCUT2D eigenvalue weighted by atomic mass is 16.6. The summed E-state index contributed by atoms with van der Waals surface area (Å²) in [6.07, 6.45) is 13.4. The van der Waals surface area contributed by atoms with Gasteiger partial charge in [-0.05, 0) is 128 Å². The van der Waals surface area contributed by atoms with Gasteiger partial charge in [-0.25, -0.2) is 0 Å². The molecule has 1 aromatic heterocycles. The molecule has 330 valence electrons. The van der Waals surface area contributed by atoms with Crippen LogP contribution in [0, 0.1) is 50.7 Å². The minimum Gasteiger partial charge on any atom is -0.508 e. The highest BCUT2D eigenvalue weighted by molar-refractivity contribution is 5.88. The van der Waals surface area contributed by atoms with Gasteiger partial charge < -0.3 is 39.1 Å². The molecule has 4 N–H and O–H groups in total. The van der Waals surface area contributed by atoms with Crippen molar-refractivity contribution in [3.8, 4) is 40.1 Å². The standard InChI is InChI=1S/C50H64O11/c1-46(2)36-17-20-48(5)26-28-10-13-35-47(3,4)39(19-21-49(35,6)30(28)11-14-37(48)50(36,7)22-18-38(46)58-8)61-41(55)16-15-40(54)59-33-12-9-27(23-31(33)52)45-44(57)43(56)42-32(53)24-29(51)25-34(42)60-45/h9-10,12,23-25,30,35-39,51-53,57H,11,13-22,26H2,1-8H3/t30-,35-,36-,37-,38-,39+,48-,49+,50-/m0/s1. The van der Waals surface area contributed by atoms with E-state index in [0.717, 1.165) is 43.9 Å². The molecule has 0 aliphatic heterocycles. The van der Waals surface area contributed by atoms with Gasteiger partial charge in [-0.15, -0.1) is 0 Å². The van der Waals surface area contributed by atoms with Gasteiger partial charge in [-0.2, -0.15) is 0 Å². The number of fused-ring (bicyclic) bond motifs is 7. The van der Waals surface area contributed by atoms with Crippen LogP contribution in [0.5, 0.6) is 28.7 Å². The minimum absolute atomic E-state index is 0.0690. The zero-order chi connectivity index (χ0) is 44.0. The van der Waals surface area contributed by atoms with E-state index in [-0.39, 0.29) is 74.4 Å². The van der Waals surface area contributed by atoms with E-state index in [1.54, 1.807) is 5.57 Å². The van der Waals surface area contributed by atoms with Crippen molar-refractivity contribution in [1.29, 1.82) is 0 Å². The zero-order valence-corrected chi connectivity index (χ0v) is 37.1. The second kappa shape index (κ2) is 15.1. The summed E-state index contributed by atoms with van der Waals surface area (Å²) in [7, 11) is 1.89. The van der Waals surface area contributed by atoms with Crippen LogP contribution in [0.1, 0.15) is 126 Å². The van der Waals surface area contributed by atoms with Gasteiger partial charge in [0.05, 0.1) is 18.9 Å². The fraction of sp³-hybridized carbons (Fsp3) is 0.620. The molecule has 8 rings (SSSR count). The summed E-state index contributed by atoms with van der Waals surface area (Å²) >= 11 is 0. The summed E-state index contributed by atoms with van der Waals surface area (Å²) in [6.45, 7) is 17.2. The van der Waals surface area contributed by atoms with Crippen molar-refractivity contribution in [2.24, 2.45) is 50.7 Å². The Balaban J connectivity index is 0.898. The number of ether oxygens (including phenoxy) is 3. The number of benzene rings is 2. The van der Waals surface area contributed by atoms with Crippen molar-refractivity contribution in [2.75, 3.05) is 7.11 Å². The van der Waals surface area contributed by atoms with Crippen LogP contribution < -0.4 is 10.2 Å². The van der Waals surface area contributed by atoms with Crippen LogP contribution in [-0.4, -0.2) is 51.7 Å². The number of carbonyl (C=O) groups excluding carboxylic acids is 2. The third kappa shape index (κ3) is 7.01. The first-order valence-electron chi connectivity index (χ1n) is 22.3. The zero-order valence-electron chi connectivity index (χ0n) is 37.1. The summed E-state index contributed by atoms with van der Waals surface area (Å²) in [5.74, 6) is -1.78. The molecular formula is C50H64O11. The van der Waals surface area contributed by atoms with Gasteiger partial charge in [-0.1, -0.05) is 60.1 Å². The quantitative estimate of drug-likeness (QED) is 0.101. The molecule has 5 aliphatic rings. The fourth-order valence-corrected chi connectivity index (χ4v) is 14.4. The first-order valence-corrected chi connectivity index (χ1v) is 22.3. The Kier molecular flexibility index (Phi) is 10.7. The number of aromatic hydroxyl groups is 4. The summed E-state index contributed by atoms with van der Waals surface area (Å²) in [5, 5.41) is 40.9. The molecule has 0 unspecified atom stereocenters. The number of rotatable bonds is 7. The van der Waals surface area contributed by atoms with Crippen molar-refractivity contribution in [3.05, 3.63) is 52.2 Å². The second-order valence-electron chi connectivity index (χ2n) is 21.2. The van der Waals surface area contributed by atoms with Gasteiger partial charge in [0, 0.05) is 30.2 Å². The molecule has 4 fully saturated rings. The molecule has 0 spiro atoms. The number of hydrogen-bond donors (Lipinski definition) is 4. The van der Waals surface area contributed by atoms with Gasteiger partial charge in [0.1, 0.15) is 28.6 Å². The van der Waals surface area contributed by atoms with E-state index < -0.39 is 34.6 Å². The predicted octanol–water partition coefficient (Wildman–Crippen LogP) is 10.3. The van der Waals surface area contributed by atoms with Crippen molar-refractivity contribution >= 4 is 22.9 Å². The maximum Gasteiger partial charge on any atom is 0.311 e. The first-order chi connectivity index (χ1) is 28.6. The Morgan fingerprint density at radius 1 is 0.754 bits per heavy atom. The smallest absolute Gasteiger partial charge is 0.311 e. The van der Waals surface area contributed by atoms with E-state index in [1.807, 2.05) is 7.11 Å². The van der Waals surface area contributed by atoms with Gasteiger partial charge in [0.2, 0.25) is 11.2 Å². The lowest BCUT2D eigenvalue weighted by atomic mass is 9.42. The molecule has 2 aromatic carbocycles. The molecule has 11 heteroatoms. The number of esters is 2. The molecule has 61 heavy (non-hydrogen) atoms. The van der Waals surface area contributed by atoms with Crippen LogP contribution in [0.4, 0.5) is 0 Å². The number of phenols is 3. The highest BCUT2D eigenvalue weighted by Gasteiger charge is 2.63. The Morgan fingerprint density at radius 3 is 2.16 bits per heavy atom. The second-order valence-corrected chi connectivity index (χ2v) is 21.2. The lowest BCUT2D eigenvalue weighted by Gasteiger charge is -2.64. The lowest BCUT2D eigenvalue weighted by molar-refractivity contribution is -0.178. The molecule has 0 saturated heterocycles. The molecule has 0 bridgehead atoms. The third-order valence-electron chi connectivity index (χ3n) is 17.3. The third-order valence-corrected chi connectivity index (χ3v) is 17.3. The van der Waals surface area contributed by atoms with E-state index in [4.69, 9.17) is 18.6 Å². The Hall–Kier alpha value is -4.51. The molecule has 11 nitrogen and oxygen atoms in total. The molecule has 5 aliphatic carbocycles. The maximum absolute atomic E-state index is 13.4. The summed E-state index contributed by atoms with van der Waals surface area (Å²) < 4.78 is 23.3. The fourth-order valence-electron chi connectivity index (χ4n) is 14.4. The maximum atomic E-state index is 13.4. The number of allylic oxidation sites excluding steroid dienone is 2. The Labute approximate surface area is 358 Å². The largest absolute Gasteiger partial charge is 0.508 e. The van der Waals surface area contributed by atoms with Crippen molar-refractivity contribution in [1.82, 2.24) is 0 Å². The van der Waals surface area contributed by atoms with E-state index >= 15 is 0 Å². The molecule has 9 atom stereocenters. The SMILES string of the molecule is CO[C@H]1CC[C@@]2(C)[C@@H](CC[C@@]3(C)CC4=CC[C@H]5C(C)(C)[C@H](OC(=O)CCC(=O)Oc6ccc(-c7oc8cc(O)cc(O)c8c(=O)c7O)cc6O)CC[C@]5(C)[C@H]4CC[C@@H]32)C1(C)C. The molecule has 0 amide bonds. The highest BCUT2D eigenvalue weighted by Crippen LogP contribution is 2.70. The summed E-state index contributed by atoms with van der Waals surface area (Å²) in [5.41, 5.74) is 1.18. The van der Waals surface area contributed by atoms with E-state index in [0.29, 0.717) is 35.2 Å². The van der Waals surface area contributed by atoms with Crippen LogP contribution >= 0.6 is 0 Å². The predicted molar refractivity (Wildman–Crippen MR) is 230 cm³/mol. The minimum atomic E-state index is -0.935. The molecular weight excluding hydrogens is 777 g/mol. The Bertz CT molecular complexity index is 2340. The van der Waals surface area contributed by atoms with Crippen LogP contribution in [0.15, 0.2) is 51.2 Å². The van der Waals surface area contributed by atoms with Crippen molar-refractivity contribution < 1.29 is 48.6 Å². The van der Waals surface area contributed by atoms with Gasteiger partial charge in [0.25, 0.3) is 0 Å². The average Bonchev–Trinajstić information content (AvgIpc) is 3.34. The van der Waals surface area contributed by atoms with Crippen molar-refractivity contribution in [3.63, 3.8) is 0 Å². The lowest BCUT2D eigenvalue weighted by Crippen LogP contribution is -2.58. The summed E-state index contributed by atoms with van der Waals surface area (Å²) in [4.78, 5) is 39.0. The van der Waals surface area contributed by atoms with Crippen LogP contribution in [0.3, 0.4) is 0 Å². The molecule has 4 saturated carbocycles. The normalized spacial score (nSPS) is 33.8.